The van der Waals surface area contributed by atoms with E-state index in [1.165, 1.54) is 0 Å². The van der Waals surface area contributed by atoms with Gasteiger partial charge >= 0.3 is 0 Å². The van der Waals surface area contributed by atoms with E-state index in [4.69, 9.17) is 0 Å². The number of rotatable bonds is 0. The molecule has 0 radical (unpaired) electrons. The van der Waals surface area contributed by atoms with Crippen molar-refractivity contribution in [2.24, 2.45) is 0 Å². The van der Waals surface area contributed by atoms with Gasteiger partial charge in [-0.1, -0.05) is 0 Å². The summed E-state index contributed by atoms with van der Waals surface area (Å²) in [6, 6.07) is 3.62. The number of pyridine rings is 2. The Labute approximate surface area is 69.1 Å². The molecule has 0 atom stereocenters. The van der Waals surface area contributed by atoms with Crippen molar-refractivity contribution in [1.82, 2.24) is 9.97 Å². The summed E-state index contributed by atoms with van der Waals surface area (Å²) in [5, 5.41) is 1.58. The lowest BCUT2D eigenvalue weighted by molar-refractivity contribution is 1.20. The zero-order chi connectivity index (χ0) is 8.55. The fourth-order valence-electron chi connectivity index (χ4n) is 1.18. The third kappa shape index (κ3) is 0.993. The first-order chi connectivity index (χ1) is 5.77. The predicted molar refractivity (Wildman–Crippen MR) is 47.1 cm³/mol. The molecule has 0 saturated carbocycles. The molecule has 0 spiro atoms. The highest BCUT2D eigenvalue weighted by Gasteiger charge is 1.96. The van der Waals surface area contributed by atoms with Crippen LogP contribution in [0.1, 0.15) is 5.69 Å². The molecule has 0 aromatic carbocycles. The first-order valence-electron chi connectivity index (χ1n) is 3.71. The van der Waals surface area contributed by atoms with Crippen LogP contribution in [0.2, 0.25) is 0 Å². The molecular formula is C9H8N2O. The van der Waals surface area contributed by atoms with Gasteiger partial charge in [-0.2, -0.15) is 0 Å². The average molecular weight is 160 g/mol. The first kappa shape index (κ1) is 7.03. The summed E-state index contributed by atoms with van der Waals surface area (Å²) in [5.74, 6) is 0. The minimum absolute atomic E-state index is 0.0574. The van der Waals surface area contributed by atoms with Gasteiger partial charge < -0.3 is 4.98 Å². The third-order valence-electron chi connectivity index (χ3n) is 1.79. The number of aryl methyl sites for hydroxylation is 1. The summed E-state index contributed by atoms with van der Waals surface area (Å²) in [7, 11) is 0. The number of hydrogen-bond donors (Lipinski definition) is 1. The fraction of sp³-hybridized carbons (Fsp3) is 0.111. The number of hydrogen-bond acceptors (Lipinski definition) is 2. The van der Waals surface area contributed by atoms with Crippen LogP contribution in [0.5, 0.6) is 0 Å². The highest BCUT2D eigenvalue weighted by Crippen LogP contribution is 2.06. The van der Waals surface area contributed by atoms with Crippen molar-refractivity contribution >= 4 is 10.8 Å². The highest BCUT2D eigenvalue weighted by molar-refractivity contribution is 5.80. The molecular weight excluding hydrogens is 152 g/mol. The second-order valence-corrected chi connectivity index (χ2v) is 2.72. The Hall–Kier alpha value is -1.64. The second kappa shape index (κ2) is 2.44. The molecule has 3 nitrogen and oxygen atoms in total. The number of aromatic nitrogens is 2. The van der Waals surface area contributed by atoms with Gasteiger partial charge in [0, 0.05) is 23.5 Å². The lowest BCUT2D eigenvalue weighted by atomic mass is 10.2. The predicted octanol–water partition coefficient (Wildman–Crippen LogP) is 1.23. The van der Waals surface area contributed by atoms with Crippen LogP contribution in [0.15, 0.2) is 29.3 Å². The van der Waals surface area contributed by atoms with Gasteiger partial charge in [0.05, 0.1) is 5.39 Å². The monoisotopic (exact) mass is 160 g/mol. The summed E-state index contributed by atoms with van der Waals surface area (Å²) in [6.07, 6.45) is 3.33. The molecule has 0 amide bonds. The lowest BCUT2D eigenvalue weighted by Gasteiger charge is -1.95. The molecule has 2 aromatic heterocycles. The van der Waals surface area contributed by atoms with Crippen molar-refractivity contribution < 1.29 is 0 Å². The van der Waals surface area contributed by atoms with E-state index in [1.807, 2.05) is 13.0 Å². The van der Waals surface area contributed by atoms with Gasteiger partial charge in [0.15, 0.2) is 0 Å². The van der Waals surface area contributed by atoms with Crippen LogP contribution in [-0.4, -0.2) is 9.97 Å². The zero-order valence-electron chi connectivity index (χ0n) is 6.66. The number of fused-ring (bicyclic) bond motifs is 1. The fourth-order valence-corrected chi connectivity index (χ4v) is 1.18. The number of nitrogens with zero attached hydrogens (tertiary/aromatic N) is 1. The van der Waals surface area contributed by atoms with Crippen molar-refractivity contribution in [2.75, 3.05) is 0 Å². The molecule has 2 aromatic rings. The van der Waals surface area contributed by atoms with Crippen LogP contribution in [0, 0.1) is 6.92 Å². The maximum atomic E-state index is 11.2. The largest absolute Gasteiger partial charge is 0.329 e. The van der Waals surface area contributed by atoms with E-state index in [2.05, 4.69) is 9.97 Å². The van der Waals surface area contributed by atoms with Gasteiger partial charge in [0.2, 0.25) is 0 Å². The summed E-state index contributed by atoms with van der Waals surface area (Å²) in [5.41, 5.74) is 0.803. The van der Waals surface area contributed by atoms with E-state index >= 15 is 0 Å². The molecule has 2 rings (SSSR count). The maximum Gasteiger partial charge on any atom is 0.255 e. The minimum Gasteiger partial charge on any atom is -0.329 e. The molecule has 0 saturated heterocycles. The normalized spacial score (nSPS) is 10.4. The summed E-state index contributed by atoms with van der Waals surface area (Å²) in [6.45, 7) is 1.87. The molecule has 3 heteroatoms. The summed E-state index contributed by atoms with van der Waals surface area (Å²) < 4.78 is 0. The highest BCUT2D eigenvalue weighted by atomic mass is 16.1. The second-order valence-electron chi connectivity index (χ2n) is 2.72. The van der Waals surface area contributed by atoms with E-state index in [0.29, 0.717) is 5.39 Å². The van der Waals surface area contributed by atoms with Gasteiger partial charge in [-0.15, -0.1) is 0 Å². The molecule has 1 N–H and O–H groups in total. The molecule has 0 aliphatic heterocycles. The Balaban J connectivity index is 2.98. The van der Waals surface area contributed by atoms with Crippen LogP contribution >= 0.6 is 0 Å². The van der Waals surface area contributed by atoms with E-state index in [9.17, 15) is 4.79 Å². The Kier molecular flexibility index (Phi) is 1.43. The Morgan fingerprint density at radius 3 is 3.17 bits per heavy atom. The Bertz CT molecular complexity index is 473. The molecule has 12 heavy (non-hydrogen) atoms. The van der Waals surface area contributed by atoms with Crippen LogP contribution < -0.4 is 5.56 Å². The topological polar surface area (TPSA) is 45.8 Å². The smallest absolute Gasteiger partial charge is 0.255 e. The molecule has 0 aliphatic rings. The van der Waals surface area contributed by atoms with Gasteiger partial charge in [-0.25, -0.2) is 0 Å². The number of aromatic amines is 1. The Morgan fingerprint density at radius 1 is 1.50 bits per heavy atom. The number of nitrogens with one attached hydrogen (secondary N) is 1. The Morgan fingerprint density at radius 2 is 2.33 bits per heavy atom. The lowest BCUT2D eigenvalue weighted by Crippen LogP contribution is -2.04. The molecule has 60 valence electrons. The van der Waals surface area contributed by atoms with Gasteiger partial charge in [0.1, 0.15) is 0 Å². The quantitative estimate of drug-likeness (QED) is 0.630. The maximum absolute atomic E-state index is 11.2. The van der Waals surface area contributed by atoms with E-state index in [1.54, 1.807) is 18.5 Å². The molecule has 0 unspecified atom stereocenters. The van der Waals surface area contributed by atoms with Crippen molar-refractivity contribution in [3.8, 4) is 0 Å². The van der Waals surface area contributed by atoms with Crippen molar-refractivity contribution in [3.63, 3.8) is 0 Å². The van der Waals surface area contributed by atoms with Crippen LogP contribution in [0.4, 0.5) is 0 Å². The third-order valence-corrected chi connectivity index (χ3v) is 1.79. The van der Waals surface area contributed by atoms with Crippen molar-refractivity contribution in [2.45, 2.75) is 6.92 Å². The van der Waals surface area contributed by atoms with E-state index < -0.39 is 0 Å². The molecule has 2 heterocycles. The van der Waals surface area contributed by atoms with Gasteiger partial charge in [0.25, 0.3) is 5.56 Å². The van der Waals surface area contributed by atoms with Crippen LogP contribution in [0.25, 0.3) is 10.8 Å². The molecule has 0 bridgehead atoms. The standard InChI is InChI=1S/C9H8N2O/c1-6-4-8-7(5-11-6)2-3-10-9(8)12/h2-5H,1H3,(H,10,12). The SMILES string of the molecule is Cc1cc2c(=O)[nH]ccc2cn1. The van der Waals surface area contributed by atoms with Crippen LogP contribution in [0.3, 0.4) is 0 Å². The van der Waals surface area contributed by atoms with Gasteiger partial charge in [-0.3, -0.25) is 9.78 Å². The average Bonchev–Trinajstić information content (AvgIpc) is 2.07. The number of H-pyrrole nitrogens is 1. The zero-order valence-corrected chi connectivity index (χ0v) is 6.66. The molecule has 0 fully saturated rings. The van der Waals surface area contributed by atoms with Gasteiger partial charge in [-0.05, 0) is 19.1 Å². The van der Waals surface area contributed by atoms with E-state index in [-0.39, 0.29) is 5.56 Å². The van der Waals surface area contributed by atoms with Crippen molar-refractivity contribution in [3.05, 3.63) is 40.6 Å². The van der Waals surface area contributed by atoms with E-state index in [0.717, 1.165) is 11.1 Å². The summed E-state index contributed by atoms with van der Waals surface area (Å²) >= 11 is 0. The minimum atomic E-state index is -0.0574. The summed E-state index contributed by atoms with van der Waals surface area (Å²) in [4.78, 5) is 18.0. The first-order valence-corrected chi connectivity index (χ1v) is 3.71. The van der Waals surface area contributed by atoms with Crippen LogP contribution in [-0.2, 0) is 0 Å². The molecule has 0 aliphatic carbocycles. The van der Waals surface area contributed by atoms with Crippen molar-refractivity contribution in [1.29, 1.82) is 0 Å².